The number of hydrogen-bond acceptors (Lipinski definition) is 3. The molecule has 1 aromatic rings. The van der Waals surface area contributed by atoms with Crippen molar-refractivity contribution in [1.82, 2.24) is 0 Å². The molecule has 0 spiro atoms. The normalized spacial score (nSPS) is 24.9. The minimum absolute atomic E-state index is 0.0166. The SMILES string of the molecule is CCOC(=O)C(Cc1cc(Cl)ccc1Cl)C(=O)C1CCC(C2C=CC=CC2)CC1. The molecule has 2 aliphatic carbocycles. The third kappa shape index (κ3) is 5.73. The number of carbonyl (C=O) groups excluding carboxylic acids is 2. The molecule has 2 aliphatic rings. The van der Waals surface area contributed by atoms with Gasteiger partial charge in [-0.25, -0.2) is 0 Å². The molecule has 3 nitrogen and oxygen atoms in total. The number of carbonyl (C=O) groups is 2. The van der Waals surface area contributed by atoms with Crippen LogP contribution in [0.4, 0.5) is 0 Å². The van der Waals surface area contributed by atoms with Crippen LogP contribution in [0, 0.1) is 23.7 Å². The molecule has 0 amide bonds. The van der Waals surface area contributed by atoms with Gasteiger partial charge in [0.15, 0.2) is 5.78 Å². The summed E-state index contributed by atoms with van der Waals surface area (Å²) < 4.78 is 5.22. The predicted molar refractivity (Wildman–Crippen MR) is 117 cm³/mol. The quantitative estimate of drug-likeness (QED) is 0.377. The maximum absolute atomic E-state index is 13.3. The zero-order valence-electron chi connectivity index (χ0n) is 16.8. The maximum Gasteiger partial charge on any atom is 0.316 e. The lowest BCUT2D eigenvalue weighted by atomic mass is 9.71. The summed E-state index contributed by atoms with van der Waals surface area (Å²) in [6.45, 7) is 2.00. The summed E-state index contributed by atoms with van der Waals surface area (Å²) in [5.74, 6) is -0.217. The zero-order valence-corrected chi connectivity index (χ0v) is 18.3. The van der Waals surface area contributed by atoms with E-state index in [1.165, 1.54) is 0 Å². The van der Waals surface area contributed by atoms with E-state index in [4.69, 9.17) is 27.9 Å². The van der Waals surface area contributed by atoms with Crippen LogP contribution in [0.5, 0.6) is 0 Å². The van der Waals surface area contributed by atoms with Crippen LogP contribution in [0.25, 0.3) is 0 Å². The fraction of sp³-hybridized carbons (Fsp3) is 0.500. The molecule has 0 saturated heterocycles. The van der Waals surface area contributed by atoms with Crippen molar-refractivity contribution in [3.05, 3.63) is 58.1 Å². The summed E-state index contributed by atoms with van der Waals surface area (Å²) >= 11 is 12.4. The molecule has 0 N–H and O–H groups in total. The molecule has 0 aliphatic heterocycles. The minimum atomic E-state index is -0.829. The number of ketones is 1. The Morgan fingerprint density at radius 3 is 2.55 bits per heavy atom. The van der Waals surface area contributed by atoms with Gasteiger partial charge in [-0.15, -0.1) is 0 Å². The van der Waals surface area contributed by atoms with E-state index >= 15 is 0 Å². The molecule has 1 aromatic carbocycles. The lowest BCUT2D eigenvalue weighted by Crippen LogP contribution is -2.35. The van der Waals surface area contributed by atoms with Crippen LogP contribution >= 0.6 is 23.2 Å². The van der Waals surface area contributed by atoms with Crippen molar-refractivity contribution in [2.45, 2.75) is 45.4 Å². The molecule has 3 rings (SSSR count). The number of hydrogen-bond donors (Lipinski definition) is 0. The molecule has 29 heavy (non-hydrogen) atoms. The lowest BCUT2D eigenvalue weighted by molar-refractivity contribution is -0.153. The van der Waals surface area contributed by atoms with Crippen molar-refractivity contribution in [2.24, 2.45) is 23.7 Å². The highest BCUT2D eigenvalue weighted by atomic mass is 35.5. The van der Waals surface area contributed by atoms with Gasteiger partial charge in [0.1, 0.15) is 5.92 Å². The van der Waals surface area contributed by atoms with Crippen LogP contribution < -0.4 is 0 Å². The zero-order chi connectivity index (χ0) is 20.8. The van der Waals surface area contributed by atoms with Gasteiger partial charge in [-0.3, -0.25) is 9.59 Å². The second kappa shape index (κ2) is 10.4. The largest absolute Gasteiger partial charge is 0.465 e. The molecular weight excluding hydrogens is 407 g/mol. The van der Waals surface area contributed by atoms with Crippen LogP contribution in [0.2, 0.25) is 10.0 Å². The van der Waals surface area contributed by atoms with Gasteiger partial charge in [0, 0.05) is 16.0 Å². The molecule has 1 saturated carbocycles. The average molecular weight is 435 g/mol. The fourth-order valence-corrected chi connectivity index (χ4v) is 4.92. The van der Waals surface area contributed by atoms with Crippen LogP contribution in [0.15, 0.2) is 42.5 Å². The van der Waals surface area contributed by atoms with Crippen molar-refractivity contribution in [1.29, 1.82) is 0 Å². The third-order valence-corrected chi connectivity index (χ3v) is 6.74. The van der Waals surface area contributed by atoms with Crippen LogP contribution in [-0.2, 0) is 20.7 Å². The maximum atomic E-state index is 13.3. The Hall–Kier alpha value is -1.58. The average Bonchev–Trinajstić information content (AvgIpc) is 2.74. The van der Waals surface area contributed by atoms with Crippen molar-refractivity contribution in [3.63, 3.8) is 0 Å². The van der Waals surface area contributed by atoms with Crippen molar-refractivity contribution in [3.8, 4) is 0 Å². The van der Waals surface area contributed by atoms with E-state index in [2.05, 4.69) is 24.3 Å². The summed E-state index contributed by atoms with van der Waals surface area (Å²) in [6.07, 6.45) is 13.7. The van der Waals surface area contributed by atoms with E-state index < -0.39 is 11.9 Å². The smallest absolute Gasteiger partial charge is 0.316 e. The Bertz CT molecular complexity index is 791. The van der Waals surface area contributed by atoms with E-state index in [1.54, 1.807) is 25.1 Å². The first-order valence-corrected chi connectivity index (χ1v) is 11.2. The number of Topliss-reactive ketones (excluding diaryl/α,β-unsaturated/α-hetero) is 1. The van der Waals surface area contributed by atoms with E-state index in [-0.39, 0.29) is 24.7 Å². The highest BCUT2D eigenvalue weighted by Crippen LogP contribution is 2.38. The summed E-state index contributed by atoms with van der Waals surface area (Å²) in [7, 11) is 0. The Morgan fingerprint density at radius 2 is 1.90 bits per heavy atom. The Labute approximate surface area is 183 Å². The molecule has 0 aromatic heterocycles. The molecule has 2 unspecified atom stereocenters. The van der Waals surface area contributed by atoms with Gasteiger partial charge in [0.05, 0.1) is 6.61 Å². The Kier molecular flexibility index (Phi) is 7.97. The van der Waals surface area contributed by atoms with E-state index in [9.17, 15) is 9.59 Å². The van der Waals surface area contributed by atoms with Gasteiger partial charge in [0.25, 0.3) is 0 Å². The Morgan fingerprint density at radius 1 is 1.14 bits per heavy atom. The molecule has 0 radical (unpaired) electrons. The van der Waals surface area contributed by atoms with Crippen molar-refractivity contribution >= 4 is 35.0 Å². The molecule has 156 valence electrons. The number of rotatable bonds is 7. The molecule has 2 atom stereocenters. The lowest BCUT2D eigenvalue weighted by Gasteiger charge is -2.33. The van der Waals surface area contributed by atoms with E-state index in [0.717, 1.165) is 32.1 Å². The van der Waals surface area contributed by atoms with Gasteiger partial charge in [-0.2, -0.15) is 0 Å². The third-order valence-electron chi connectivity index (χ3n) is 6.14. The summed E-state index contributed by atoms with van der Waals surface area (Å²) in [4.78, 5) is 25.9. The fourth-order valence-electron chi connectivity index (χ4n) is 4.53. The standard InChI is InChI=1S/C24H28Cl2O3/c1-2-29-24(28)21(15-19-14-20(25)12-13-22(19)26)23(27)18-10-8-17(9-11-18)16-6-4-3-5-7-16/h3-6,12-14,16-18,21H,2,7-11,15H2,1H3. The first-order valence-electron chi connectivity index (χ1n) is 10.5. The number of benzene rings is 1. The number of allylic oxidation sites excluding steroid dienone is 4. The second-order valence-corrected chi connectivity index (χ2v) is 8.81. The summed E-state index contributed by atoms with van der Waals surface area (Å²) in [5, 5.41) is 1.05. The number of halogens is 2. The van der Waals surface area contributed by atoms with Gasteiger partial charge >= 0.3 is 5.97 Å². The molecule has 5 heteroatoms. The van der Waals surface area contributed by atoms with Crippen molar-refractivity contribution < 1.29 is 14.3 Å². The highest BCUT2D eigenvalue weighted by molar-refractivity contribution is 6.33. The van der Waals surface area contributed by atoms with Gasteiger partial charge in [0.2, 0.25) is 0 Å². The van der Waals surface area contributed by atoms with E-state index in [0.29, 0.717) is 27.4 Å². The topological polar surface area (TPSA) is 43.4 Å². The monoisotopic (exact) mass is 434 g/mol. The first-order chi connectivity index (χ1) is 14.0. The molecular formula is C24H28Cl2O3. The highest BCUT2D eigenvalue weighted by Gasteiger charge is 2.37. The minimum Gasteiger partial charge on any atom is -0.465 e. The molecule has 0 heterocycles. The Balaban J connectivity index is 1.68. The second-order valence-electron chi connectivity index (χ2n) is 7.97. The van der Waals surface area contributed by atoms with E-state index in [1.807, 2.05) is 0 Å². The summed E-state index contributed by atoms with van der Waals surface area (Å²) in [6, 6.07) is 5.12. The number of ether oxygens (including phenoxy) is 1. The molecule has 1 fully saturated rings. The summed E-state index contributed by atoms with van der Waals surface area (Å²) in [5.41, 5.74) is 0.707. The van der Waals surface area contributed by atoms with Crippen molar-refractivity contribution in [2.75, 3.05) is 6.61 Å². The molecule has 0 bridgehead atoms. The van der Waals surface area contributed by atoms with Crippen LogP contribution in [0.1, 0.15) is 44.6 Å². The first kappa shape index (κ1) is 22.1. The van der Waals surface area contributed by atoms with Crippen LogP contribution in [-0.4, -0.2) is 18.4 Å². The number of esters is 1. The predicted octanol–water partition coefficient (Wildman–Crippen LogP) is 6.22. The van der Waals surface area contributed by atoms with Crippen LogP contribution in [0.3, 0.4) is 0 Å². The van der Waals surface area contributed by atoms with Gasteiger partial charge in [-0.05, 0) is 81.0 Å². The van der Waals surface area contributed by atoms with Gasteiger partial charge in [-0.1, -0.05) is 47.5 Å². The van der Waals surface area contributed by atoms with Gasteiger partial charge < -0.3 is 4.74 Å².